The van der Waals surface area contributed by atoms with Crippen molar-refractivity contribution in [2.75, 3.05) is 26.7 Å². The Morgan fingerprint density at radius 2 is 1.76 bits per heavy atom. The largest absolute Gasteiger partial charge is 0.481 e. The molecule has 222 valence electrons. The van der Waals surface area contributed by atoms with Crippen LogP contribution in [0, 0.1) is 5.92 Å². The first-order valence-corrected chi connectivity index (χ1v) is 14.1. The molecule has 1 fully saturated rings. The highest BCUT2D eigenvalue weighted by molar-refractivity contribution is 6.30. The van der Waals surface area contributed by atoms with E-state index in [9.17, 15) is 29.4 Å². The van der Waals surface area contributed by atoms with Gasteiger partial charge in [0.1, 0.15) is 6.04 Å². The zero-order valence-corrected chi connectivity index (χ0v) is 24.2. The van der Waals surface area contributed by atoms with E-state index in [0.29, 0.717) is 30.8 Å². The fraction of sp³-hybridized carbons (Fsp3) is 0.467. The predicted octanol–water partition coefficient (Wildman–Crippen LogP) is 1.86. The van der Waals surface area contributed by atoms with Gasteiger partial charge in [-0.15, -0.1) is 0 Å². The number of carboxylic acids is 1. The number of nitrogens with two attached hydrogens (primary N) is 1. The van der Waals surface area contributed by atoms with Gasteiger partial charge in [0.2, 0.25) is 17.7 Å². The van der Waals surface area contributed by atoms with Crippen molar-refractivity contribution in [1.29, 1.82) is 0 Å². The lowest BCUT2D eigenvalue weighted by atomic mass is 9.80. The number of carbonyl (C=O) groups is 4. The van der Waals surface area contributed by atoms with Gasteiger partial charge in [-0.3, -0.25) is 19.2 Å². The molecular weight excluding hydrogens is 548 g/mol. The van der Waals surface area contributed by atoms with E-state index in [1.54, 1.807) is 24.1 Å². The summed E-state index contributed by atoms with van der Waals surface area (Å²) in [6.07, 6.45) is 1.44. The van der Waals surface area contributed by atoms with Crippen LogP contribution in [-0.2, 0) is 32.0 Å². The number of hydrogen-bond acceptors (Lipinski definition) is 6. The van der Waals surface area contributed by atoms with E-state index in [1.165, 1.54) is 11.8 Å². The number of carbonyl (C=O) groups excluding carboxylic acids is 3. The molecule has 1 heterocycles. The summed E-state index contributed by atoms with van der Waals surface area (Å²) >= 11 is 6.10. The summed E-state index contributed by atoms with van der Waals surface area (Å²) in [7, 11) is 1.60. The lowest BCUT2D eigenvalue weighted by Crippen LogP contribution is -2.65. The molecule has 3 amide bonds. The number of nitrogens with zero attached hydrogens (tertiary/aromatic N) is 2. The lowest BCUT2D eigenvalue weighted by molar-refractivity contribution is -0.150. The molecule has 0 saturated carbocycles. The Kier molecular flexibility index (Phi) is 11.3. The average Bonchev–Trinajstić information content (AvgIpc) is 2.95. The highest BCUT2D eigenvalue weighted by Crippen LogP contribution is 2.33. The standard InChI is InChI=1S/C30H39ClN4O6/c1-20(32)27(39)33-25(18-36)29(41)34(2)30(17-22-9-11-24(31)12-10-22)13-6-14-35(19-30)28(40)23(16-26(37)38)15-21-7-4-3-5-8-21/h3-5,7-12,20,23,25,36H,6,13-19,32H2,1-2H3,(H,33,39)(H,37,38). The number of carboxylic acid groups (broad SMARTS) is 1. The van der Waals surface area contributed by atoms with Gasteiger partial charge in [0.05, 0.1) is 30.5 Å². The molecule has 0 aromatic heterocycles. The van der Waals surface area contributed by atoms with Crippen LogP contribution in [0.2, 0.25) is 5.02 Å². The minimum atomic E-state index is -1.22. The van der Waals surface area contributed by atoms with Gasteiger partial charge in [-0.1, -0.05) is 54.1 Å². The van der Waals surface area contributed by atoms with Crippen molar-refractivity contribution in [2.24, 2.45) is 11.7 Å². The molecule has 10 nitrogen and oxygen atoms in total. The molecule has 2 aromatic carbocycles. The molecule has 41 heavy (non-hydrogen) atoms. The first-order valence-electron chi connectivity index (χ1n) is 13.7. The Morgan fingerprint density at radius 3 is 2.34 bits per heavy atom. The molecule has 0 radical (unpaired) electrons. The monoisotopic (exact) mass is 586 g/mol. The Morgan fingerprint density at radius 1 is 1.10 bits per heavy atom. The van der Waals surface area contributed by atoms with Crippen LogP contribution < -0.4 is 11.1 Å². The summed E-state index contributed by atoms with van der Waals surface area (Å²) in [6, 6.07) is 14.4. The number of likely N-dealkylation sites (tertiary alicyclic amines) is 1. The molecule has 11 heteroatoms. The molecular formula is C30H39ClN4O6. The SMILES string of the molecule is CC(N)C(=O)NC(CO)C(=O)N(C)C1(Cc2ccc(Cl)cc2)CCCN(C(=O)C(CC(=O)O)Cc2ccccc2)C1. The van der Waals surface area contributed by atoms with Gasteiger partial charge < -0.3 is 31.1 Å². The normalized spacial score (nSPS) is 19.1. The van der Waals surface area contributed by atoms with E-state index >= 15 is 0 Å². The highest BCUT2D eigenvalue weighted by atomic mass is 35.5. The van der Waals surface area contributed by atoms with Crippen LogP contribution in [0.15, 0.2) is 54.6 Å². The first-order chi connectivity index (χ1) is 19.5. The lowest BCUT2D eigenvalue weighted by Gasteiger charge is -2.49. The highest BCUT2D eigenvalue weighted by Gasteiger charge is 2.45. The van der Waals surface area contributed by atoms with Crippen molar-refractivity contribution in [2.45, 2.75) is 56.7 Å². The van der Waals surface area contributed by atoms with Crippen molar-refractivity contribution < 1.29 is 29.4 Å². The van der Waals surface area contributed by atoms with Gasteiger partial charge in [-0.2, -0.15) is 0 Å². The van der Waals surface area contributed by atoms with Gasteiger partial charge in [0.15, 0.2) is 0 Å². The number of halogens is 1. The fourth-order valence-electron chi connectivity index (χ4n) is 5.39. The summed E-state index contributed by atoms with van der Waals surface area (Å²) in [4.78, 5) is 54.7. The number of likely N-dealkylation sites (N-methyl/N-ethyl adjacent to an activating group) is 1. The second kappa shape index (κ2) is 14.4. The topological polar surface area (TPSA) is 153 Å². The van der Waals surface area contributed by atoms with Crippen LogP contribution in [0.4, 0.5) is 0 Å². The molecule has 1 saturated heterocycles. The molecule has 4 atom stereocenters. The van der Waals surface area contributed by atoms with E-state index in [1.807, 2.05) is 42.5 Å². The minimum absolute atomic E-state index is 0.154. The quantitative estimate of drug-likeness (QED) is 0.296. The van der Waals surface area contributed by atoms with Crippen molar-refractivity contribution >= 4 is 35.3 Å². The summed E-state index contributed by atoms with van der Waals surface area (Å²) in [6.45, 7) is 1.42. The van der Waals surface area contributed by atoms with Gasteiger partial charge in [-0.05, 0) is 55.9 Å². The Bertz CT molecular complexity index is 1210. The molecule has 0 aliphatic carbocycles. The number of hydrogen-bond donors (Lipinski definition) is 4. The number of piperidine rings is 1. The van der Waals surface area contributed by atoms with Crippen LogP contribution in [-0.4, -0.2) is 88.1 Å². The summed E-state index contributed by atoms with van der Waals surface area (Å²) < 4.78 is 0. The van der Waals surface area contributed by atoms with Gasteiger partial charge in [-0.25, -0.2) is 0 Å². The second-order valence-electron chi connectivity index (χ2n) is 10.8. The third-order valence-corrected chi connectivity index (χ3v) is 7.91. The summed E-state index contributed by atoms with van der Waals surface area (Å²) in [5.41, 5.74) is 6.50. The van der Waals surface area contributed by atoms with Crippen molar-refractivity contribution in [1.82, 2.24) is 15.1 Å². The molecule has 0 bridgehead atoms. The first kappa shape index (κ1) is 32.0. The number of amides is 3. The molecule has 0 spiro atoms. The van der Waals surface area contributed by atoms with Gasteiger partial charge in [0, 0.05) is 25.2 Å². The van der Waals surface area contributed by atoms with Crippen LogP contribution in [0.5, 0.6) is 0 Å². The Hall–Kier alpha value is -3.47. The zero-order valence-electron chi connectivity index (χ0n) is 23.5. The van der Waals surface area contributed by atoms with Crippen molar-refractivity contribution in [3.8, 4) is 0 Å². The molecule has 5 N–H and O–H groups in total. The van der Waals surface area contributed by atoms with Crippen LogP contribution >= 0.6 is 11.6 Å². The summed E-state index contributed by atoms with van der Waals surface area (Å²) in [5.74, 6) is -3.22. The molecule has 2 aromatic rings. The molecule has 4 unspecified atom stereocenters. The number of aliphatic carboxylic acids is 1. The van der Waals surface area contributed by atoms with Gasteiger partial charge in [0.25, 0.3) is 0 Å². The average molecular weight is 587 g/mol. The molecule has 1 aliphatic rings. The minimum Gasteiger partial charge on any atom is -0.481 e. The maximum Gasteiger partial charge on any atom is 0.304 e. The third-order valence-electron chi connectivity index (χ3n) is 7.66. The smallest absolute Gasteiger partial charge is 0.304 e. The van der Waals surface area contributed by atoms with Crippen LogP contribution in [0.3, 0.4) is 0 Å². The maximum absolute atomic E-state index is 13.9. The molecule has 1 aliphatic heterocycles. The second-order valence-corrected chi connectivity index (χ2v) is 11.2. The van der Waals surface area contributed by atoms with Crippen molar-refractivity contribution in [3.05, 3.63) is 70.7 Å². The number of rotatable bonds is 12. The van der Waals surface area contributed by atoms with Crippen molar-refractivity contribution in [3.63, 3.8) is 0 Å². The Balaban J connectivity index is 1.94. The number of benzene rings is 2. The summed E-state index contributed by atoms with van der Waals surface area (Å²) in [5, 5.41) is 22.6. The van der Waals surface area contributed by atoms with E-state index in [2.05, 4.69) is 5.32 Å². The maximum atomic E-state index is 13.9. The van der Waals surface area contributed by atoms with E-state index in [4.69, 9.17) is 17.3 Å². The van der Waals surface area contributed by atoms with E-state index in [-0.39, 0.29) is 25.3 Å². The Labute approximate surface area is 245 Å². The fourth-order valence-corrected chi connectivity index (χ4v) is 5.52. The number of nitrogens with one attached hydrogen (secondary N) is 1. The third kappa shape index (κ3) is 8.51. The number of aliphatic hydroxyl groups excluding tert-OH is 1. The zero-order chi connectivity index (χ0) is 30.2. The van der Waals surface area contributed by atoms with E-state index < -0.39 is 47.9 Å². The van der Waals surface area contributed by atoms with Crippen LogP contribution in [0.1, 0.15) is 37.3 Å². The molecule has 3 rings (SSSR count). The predicted molar refractivity (Wildman–Crippen MR) is 155 cm³/mol. The number of aliphatic hydroxyl groups is 1. The van der Waals surface area contributed by atoms with Gasteiger partial charge >= 0.3 is 5.97 Å². The van der Waals surface area contributed by atoms with Crippen LogP contribution in [0.25, 0.3) is 0 Å². The van der Waals surface area contributed by atoms with E-state index in [0.717, 1.165) is 11.1 Å².